The maximum Gasteiger partial charge on any atom is 0.293 e. The number of carbonyl (C=O) groups excluding carboxylic acids is 2. The maximum atomic E-state index is 13.5. The second-order valence-corrected chi connectivity index (χ2v) is 13.0. The molecule has 1 fully saturated rings. The highest BCUT2D eigenvalue weighted by atomic mass is 32.2. The molecule has 0 saturated carbocycles. The molecule has 0 spiro atoms. The van der Waals surface area contributed by atoms with Crippen molar-refractivity contribution in [2.75, 3.05) is 18.0 Å². The molecule has 39 heavy (non-hydrogen) atoms. The minimum absolute atomic E-state index is 0.0630. The van der Waals surface area contributed by atoms with Crippen LogP contribution in [0.3, 0.4) is 0 Å². The van der Waals surface area contributed by atoms with Crippen molar-refractivity contribution in [3.63, 3.8) is 0 Å². The van der Waals surface area contributed by atoms with Gasteiger partial charge in [-0.3, -0.25) is 23.9 Å². The lowest BCUT2D eigenvalue weighted by atomic mass is 9.77. The van der Waals surface area contributed by atoms with Crippen molar-refractivity contribution in [1.29, 1.82) is 0 Å². The van der Waals surface area contributed by atoms with Gasteiger partial charge in [-0.25, -0.2) is 0 Å². The van der Waals surface area contributed by atoms with E-state index in [1.807, 2.05) is 18.7 Å². The van der Waals surface area contributed by atoms with E-state index in [-0.39, 0.29) is 16.7 Å². The Morgan fingerprint density at radius 1 is 0.923 bits per heavy atom. The number of para-hydroxylation sites is 1. The van der Waals surface area contributed by atoms with E-state index >= 15 is 0 Å². The Labute approximate surface area is 240 Å². The van der Waals surface area contributed by atoms with Gasteiger partial charge in [0.15, 0.2) is 0 Å². The smallest absolute Gasteiger partial charge is 0.293 e. The van der Waals surface area contributed by atoms with Crippen LogP contribution >= 0.6 is 34.9 Å². The van der Waals surface area contributed by atoms with Gasteiger partial charge in [0.1, 0.15) is 9.57 Å². The molecule has 2 aromatic rings. The summed E-state index contributed by atoms with van der Waals surface area (Å²) in [5, 5.41) is 1.00. The number of rotatable bonds is 4. The molecule has 6 rings (SSSR count). The predicted octanol–water partition coefficient (Wildman–Crippen LogP) is 5.43. The molecule has 1 unspecified atom stereocenters. The second kappa shape index (κ2) is 10.7. The minimum atomic E-state index is -0.296. The van der Waals surface area contributed by atoms with Crippen LogP contribution < -0.4 is 19.7 Å². The molecule has 0 radical (unpaired) electrons. The first-order chi connectivity index (χ1) is 18.9. The molecular weight excluding hydrogens is 547 g/mol. The third kappa shape index (κ3) is 4.58. The number of thioether (sulfide) groups is 2. The maximum absolute atomic E-state index is 13.5. The Kier molecular flexibility index (Phi) is 7.24. The summed E-state index contributed by atoms with van der Waals surface area (Å²) in [5.74, 6) is 0.215. The quantitative estimate of drug-likeness (QED) is 0.483. The number of hydrogen-bond acceptors (Lipinski definition) is 7. The summed E-state index contributed by atoms with van der Waals surface area (Å²) in [5.41, 5.74) is 4.88. The molecule has 2 aliphatic carbocycles. The van der Waals surface area contributed by atoms with Crippen LogP contribution in [0.5, 0.6) is 0 Å². The van der Waals surface area contributed by atoms with Gasteiger partial charge in [-0.2, -0.15) is 0 Å². The summed E-state index contributed by atoms with van der Waals surface area (Å²) in [4.78, 5) is 44.0. The number of nitrogens with zero attached hydrogens (tertiary/aromatic N) is 3. The van der Waals surface area contributed by atoms with E-state index in [9.17, 15) is 14.4 Å². The van der Waals surface area contributed by atoms with Crippen molar-refractivity contribution < 1.29 is 9.59 Å². The molecule has 202 valence electrons. The van der Waals surface area contributed by atoms with Crippen molar-refractivity contribution in [2.45, 2.75) is 57.9 Å². The molecule has 9 heteroatoms. The number of carbonyl (C=O) groups is 2. The van der Waals surface area contributed by atoms with Crippen LogP contribution in [0.15, 0.2) is 68.4 Å². The van der Waals surface area contributed by atoms with Gasteiger partial charge < -0.3 is 4.90 Å². The monoisotopic (exact) mass is 577 g/mol. The molecule has 6 nitrogen and oxygen atoms in total. The highest BCUT2D eigenvalue weighted by molar-refractivity contribution is 8.23. The Bertz CT molecular complexity index is 1660. The lowest BCUT2D eigenvalue weighted by Crippen LogP contribution is -2.34. The Morgan fingerprint density at radius 2 is 1.69 bits per heavy atom. The molecule has 4 aliphatic rings. The van der Waals surface area contributed by atoms with Crippen molar-refractivity contribution in [3.8, 4) is 0 Å². The fourth-order valence-corrected chi connectivity index (χ4v) is 9.32. The minimum Gasteiger partial charge on any atom is -0.335 e. The topological polar surface area (TPSA) is 62.6 Å². The zero-order valence-electron chi connectivity index (χ0n) is 22.4. The van der Waals surface area contributed by atoms with E-state index in [1.54, 1.807) is 11.5 Å². The normalized spacial score (nSPS) is 24.8. The van der Waals surface area contributed by atoms with Gasteiger partial charge in [0.2, 0.25) is 0 Å². The summed E-state index contributed by atoms with van der Waals surface area (Å²) >= 11 is 4.14. The molecule has 0 N–H and O–H groups in total. The summed E-state index contributed by atoms with van der Waals surface area (Å²) in [6, 6.07) is 8.56. The van der Waals surface area contributed by atoms with Crippen molar-refractivity contribution in [3.05, 3.63) is 78.2 Å². The summed E-state index contributed by atoms with van der Waals surface area (Å²) in [6.45, 7) is 7.61. The number of allylic oxidation sites excluding steroid dienone is 5. The molecule has 0 bridgehead atoms. The number of hydrogen-bond donors (Lipinski definition) is 0. The van der Waals surface area contributed by atoms with Crippen molar-refractivity contribution in [1.82, 2.24) is 9.47 Å². The van der Waals surface area contributed by atoms with E-state index < -0.39 is 0 Å². The first kappa shape index (κ1) is 26.5. The number of fused-ring (bicyclic) bond motifs is 2. The number of thiazole rings is 1. The lowest BCUT2D eigenvalue weighted by Gasteiger charge is -2.28. The molecule has 1 aromatic heterocycles. The second-order valence-electron chi connectivity index (χ2n) is 9.99. The molecule has 3 heterocycles. The van der Waals surface area contributed by atoms with E-state index in [4.69, 9.17) is 0 Å². The molecule has 1 saturated heterocycles. The molecular formula is C30H31N3O3S3. The number of anilines is 1. The third-order valence-corrected chi connectivity index (χ3v) is 11.3. The average Bonchev–Trinajstić information content (AvgIpc) is 3.57. The molecule has 1 atom stereocenters. The van der Waals surface area contributed by atoms with Gasteiger partial charge in [-0.1, -0.05) is 36.0 Å². The average molecular weight is 578 g/mol. The van der Waals surface area contributed by atoms with Crippen LogP contribution in [-0.2, 0) is 11.3 Å². The lowest BCUT2D eigenvalue weighted by molar-refractivity contribution is -0.121. The van der Waals surface area contributed by atoms with E-state index in [1.165, 1.54) is 43.0 Å². The van der Waals surface area contributed by atoms with Crippen molar-refractivity contribution >= 4 is 62.2 Å². The van der Waals surface area contributed by atoms with Crippen LogP contribution in [0.4, 0.5) is 10.5 Å². The Hall–Kier alpha value is -2.75. The van der Waals surface area contributed by atoms with Gasteiger partial charge in [-0.05, 0) is 99.1 Å². The standard InChI is InChI=1S/C30H31N3O3S3/c1-4-31-22-9-7-8-10-23(22)37-24(31)16-18-11-12-19-13-14-20(17-21(19)15-18)25-27(34)32(5-2)29(38-25)26-28(35)33(6-3)30(36)39-26/h7-10,15-17,19H,4-6,11-14H2,1-3H3. The first-order valence-corrected chi connectivity index (χ1v) is 16.1. The van der Waals surface area contributed by atoms with Gasteiger partial charge in [0.05, 0.1) is 15.2 Å². The fourth-order valence-electron chi connectivity index (χ4n) is 5.79. The van der Waals surface area contributed by atoms with Crippen LogP contribution in [0.2, 0.25) is 0 Å². The first-order valence-electron chi connectivity index (χ1n) is 13.6. The Balaban J connectivity index is 1.41. The number of amides is 2. The molecule has 1 aromatic carbocycles. The van der Waals surface area contributed by atoms with Gasteiger partial charge in [0, 0.05) is 24.5 Å². The molecule has 2 amide bonds. The zero-order chi connectivity index (χ0) is 27.3. The Morgan fingerprint density at radius 3 is 2.44 bits per heavy atom. The van der Waals surface area contributed by atoms with Crippen LogP contribution in [-0.4, -0.2) is 33.7 Å². The highest BCUT2D eigenvalue weighted by Crippen LogP contribution is 2.47. The van der Waals surface area contributed by atoms with Crippen molar-refractivity contribution in [2.24, 2.45) is 5.92 Å². The fraction of sp³-hybridized carbons (Fsp3) is 0.367. The van der Waals surface area contributed by atoms with Crippen LogP contribution in [0, 0.1) is 5.92 Å². The summed E-state index contributed by atoms with van der Waals surface area (Å²) in [7, 11) is 0. The number of benzene rings is 1. The molecule has 2 aliphatic heterocycles. The van der Waals surface area contributed by atoms with Gasteiger partial charge >= 0.3 is 0 Å². The summed E-state index contributed by atoms with van der Waals surface area (Å²) in [6.07, 6.45) is 10.9. The van der Waals surface area contributed by atoms with Crippen LogP contribution in [0.1, 0.15) is 46.5 Å². The van der Waals surface area contributed by atoms with Gasteiger partial charge in [0.25, 0.3) is 16.7 Å². The van der Waals surface area contributed by atoms with E-state index in [0.717, 1.165) is 49.6 Å². The third-order valence-electron chi connectivity index (χ3n) is 7.82. The predicted molar refractivity (Wildman–Crippen MR) is 162 cm³/mol. The zero-order valence-corrected chi connectivity index (χ0v) is 24.8. The van der Waals surface area contributed by atoms with Gasteiger partial charge in [-0.15, -0.1) is 11.3 Å². The SMILES string of the molecule is CCN1C(=O)SC(=c2sc(=C3C=C4C=C(C=C5Sc6ccccc6N5CC)CCC4CC3)c(=O)n2CC)C1=O. The van der Waals surface area contributed by atoms with E-state index in [2.05, 4.69) is 54.3 Å². The largest absolute Gasteiger partial charge is 0.335 e. The van der Waals surface area contributed by atoms with Crippen LogP contribution in [0.25, 0.3) is 10.5 Å². The summed E-state index contributed by atoms with van der Waals surface area (Å²) < 4.78 is 2.95. The number of imide groups is 1. The number of aromatic nitrogens is 1. The highest BCUT2D eigenvalue weighted by Gasteiger charge is 2.36. The van der Waals surface area contributed by atoms with E-state index in [0.29, 0.717) is 33.1 Å².